The molecule has 0 unspecified atom stereocenters. The van der Waals surface area contributed by atoms with Crippen LogP contribution in [0.3, 0.4) is 0 Å². The number of rotatable bonds is 5. The van der Waals surface area contributed by atoms with Crippen molar-refractivity contribution in [2.45, 2.75) is 20.3 Å². The standard InChI is InChI=1S/C13H17N5OS/c1-8(2)7-11-17-18-13(20-11)15-12(19)9-3-5-10(16-14)6-4-9/h3-6,8,16H,7,14H2,1-2H3,(H,15,18,19). The molecule has 1 aromatic carbocycles. The van der Waals surface area contributed by atoms with E-state index in [-0.39, 0.29) is 5.91 Å². The third kappa shape index (κ3) is 3.75. The first-order valence-electron chi connectivity index (χ1n) is 6.29. The number of anilines is 2. The first kappa shape index (κ1) is 14.4. The van der Waals surface area contributed by atoms with Gasteiger partial charge in [-0.05, 0) is 30.2 Å². The summed E-state index contributed by atoms with van der Waals surface area (Å²) in [4.78, 5) is 12.0. The molecule has 0 atom stereocenters. The third-order valence-electron chi connectivity index (χ3n) is 2.58. The maximum absolute atomic E-state index is 12.0. The Hall–Kier alpha value is -1.99. The van der Waals surface area contributed by atoms with Crippen LogP contribution in [-0.2, 0) is 6.42 Å². The van der Waals surface area contributed by atoms with Gasteiger partial charge < -0.3 is 5.43 Å². The minimum Gasteiger partial charge on any atom is -0.324 e. The fourth-order valence-corrected chi connectivity index (χ4v) is 2.57. The summed E-state index contributed by atoms with van der Waals surface area (Å²) in [6, 6.07) is 6.86. The molecule has 1 aromatic heterocycles. The van der Waals surface area contributed by atoms with E-state index < -0.39 is 0 Å². The monoisotopic (exact) mass is 291 g/mol. The van der Waals surface area contributed by atoms with Gasteiger partial charge in [0.2, 0.25) is 5.13 Å². The second kappa shape index (κ2) is 6.44. The summed E-state index contributed by atoms with van der Waals surface area (Å²) in [7, 11) is 0. The Kier molecular flexibility index (Phi) is 4.65. The number of hydrogen-bond acceptors (Lipinski definition) is 6. The van der Waals surface area contributed by atoms with Crippen LogP contribution >= 0.6 is 11.3 Å². The van der Waals surface area contributed by atoms with E-state index >= 15 is 0 Å². The van der Waals surface area contributed by atoms with E-state index in [1.54, 1.807) is 24.3 Å². The summed E-state index contributed by atoms with van der Waals surface area (Å²) < 4.78 is 0. The molecule has 2 aromatic rings. The van der Waals surface area contributed by atoms with Crippen molar-refractivity contribution in [3.8, 4) is 0 Å². The van der Waals surface area contributed by atoms with E-state index in [9.17, 15) is 4.79 Å². The zero-order valence-corrected chi connectivity index (χ0v) is 12.2. The minimum absolute atomic E-state index is 0.208. The van der Waals surface area contributed by atoms with Gasteiger partial charge in [0.05, 0.1) is 0 Å². The molecule has 0 aliphatic carbocycles. The van der Waals surface area contributed by atoms with Gasteiger partial charge in [0.15, 0.2) is 0 Å². The summed E-state index contributed by atoms with van der Waals surface area (Å²) in [6.07, 6.45) is 0.865. The highest BCUT2D eigenvalue weighted by Gasteiger charge is 2.10. The van der Waals surface area contributed by atoms with Gasteiger partial charge in [-0.15, -0.1) is 10.2 Å². The Morgan fingerprint density at radius 1 is 1.30 bits per heavy atom. The second-order valence-corrected chi connectivity index (χ2v) is 5.84. The molecule has 0 aliphatic rings. The molecule has 0 radical (unpaired) electrons. The average Bonchev–Trinajstić information content (AvgIpc) is 2.85. The SMILES string of the molecule is CC(C)Cc1nnc(NC(=O)c2ccc(NN)cc2)s1. The van der Waals surface area contributed by atoms with Gasteiger partial charge in [-0.1, -0.05) is 25.2 Å². The molecular formula is C13H17N5OS. The van der Waals surface area contributed by atoms with Gasteiger partial charge in [-0.25, -0.2) is 0 Å². The fraction of sp³-hybridized carbons (Fsp3) is 0.308. The summed E-state index contributed by atoms with van der Waals surface area (Å²) in [6.45, 7) is 4.24. The van der Waals surface area contributed by atoms with Crippen molar-refractivity contribution in [3.05, 3.63) is 34.8 Å². The fourth-order valence-electron chi connectivity index (χ4n) is 1.62. The number of nitrogen functional groups attached to an aromatic ring is 1. The Morgan fingerprint density at radius 2 is 2.00 bits per heavy atom. The van der Waals surface area contributed by atoms with Crippen molar-refractivity contribution in [2.24, 2.45) is 11.8 Å². The quantitative estimate of drug-likeness (QED) is 0.580. The van der Waals surface area contributed by atoms with Crippen molar-refractivity contribution in [2.75, 3.05) is 10.7 Å². The van der Waals surface area contributed by atoms with Gasteiger partial charge >= 0.3 is 0 Å². The Morgan fingerprint density at radius 3 is 2.60 bits per heavy atom. The molecule has 1 heterocycles. The van der Waals surface area contributed by atoms with E-state index in [0.717, 1.165) is 17.1 Å². The lowest BCUT2D eigenvalue weighted by Gasteiger charge is -2.03. The number of nitrogens with zero attached hydrogens (tertiary/aromatic N) is 2. The number of nitrogens with two attached hydrogens (primary N) is 1. The van der Waals surface area contributed by atoms with Crippen LogP contribution in [0.2, 0.25) is 0 Å². The number of carbonyl (C=O) groups is 1. The summed E-state index contributed by atoms with van der Waals surface area (Å²) in [5, 5.41) is 12.2. The molecular weight excluding hydrogens is 274 g/mol. The van der Waals surface area contributed by atoms with Gasteiger partial charge in [0.1, 0.15) is 5.01 Å². The van der Waals surface area contributed by atoms with Crippen molar-refractivity contribution >= 4 is 28.1 Å². The molecule has 0 fully saturated rings. The molecule has 0 spiro atoms. The van der Waals surface area contributed by atoms with Gasteiger partial charge in [-0.2, -0.15) is 0 Å². The normalized spacial score (nSPS) is 10.6. The molecule has 4 N–H and O–H groups in total. The van der Waals surface area contributed by atoms with Crippen molar-refractivity contribution < 1.29 is 4.79 Å². The molecule has 1 amide bonds. The number of benzene rings is 1. The van der Waals surface area contributed by atoms with Crippen LogP contribution in [0.1, 0.15) is 29.2 Å². The largest absolute Gasteiger partial charge is 0.324 e. The van der Waals surface area contributed by atoms with Crippen LogP contribution in [0, 0.1) is 5.92 Å². The van der Waals surface area contributed by atoms with Gasteiger partial charge in [0, 0.05) is 17.7 Å². The molecule has 0 bridgehead atoms. The Balaban J connectivity index is 2.01. The summed E-state index contributed by atoms with van der Waals surface area (Å²) >= 11 is 1.41. The summed E-state index contributed by atoms with van der Waals surface area (Å²) in [5.74, 6) is 5.58. The highest BCUT2D eigenvalue weighted by atomic mass is 32.1. The summed E-state index contributed by atoms with van der Waals surface area (Å²) in [5.41, 5.74) is 3.81. The smallest absolute Gasteiger partial charge is 0.257 e. The maximum Gasteiger partial charge on any atom is 0.257 e. The zero-order chi connectivity index (χ0) is 14.5. The maximum atomic E-state index is 12.0. The zero-order valence-electron chi connectivity index (χ0n) is 11.4. The number of nitrogens with one attached hydrogen (secondary N) is 2. The number of aromatic nitrogens is 2. The lowest BCUT2D eigenvalue weighted by molar-refractivity contribution is 0.102. The van der Waals surface area contributed by atoms with Crippen LogP contribution in [0.4, 0.5) is 10.8 Å². The van der Waals surface area contributed by atoms with Crippen LogP contribution < -0.4 is 16.6 Å². The Labute approximate surface area is 121 Å². The highest BCUT2D eigenvalue weighted by molar-refractivity contribution is 7.15. The lowest BCUT2D eigenvalue weighted by Crippen LogP contribution is -2.12. The van der Waals surface area contributed by atoms with Crippen LogP contribution in [-0.4, -0.2) is 16.1 Å². The van der Waals surface area contributed by atoms with E-state index in [2.05, 4.69) is 34.8 Å². The van der Waals surface area contributed by atoms with Crippen molar-refractivity contribution in [3.63, 3.8) is 0 Å². The van der Waals surface area contributed by atoms with E-state index in [1.807, 2.05) is 0 Å². The molecule has 106 valence electrons. The first-order valence-corrected chi connectivity index (χ1v) is 7.10. The number of hydrazine groups is 1. The molecule has 2 rings (SSSR count). The van der Waals surface area contributed by atoms with Crippen molar-refractivity contribution in [1.82, 2.24) is 10.2 Å². The predicted octanol–water partition coefficient (Wildman–Crippen LogP) is 2.27. The first-order chi connectivity index (χ1) is 9.58. The van der Waals surface area contributed by atoms with Crippen LogP contribution in [0.25, 0.3) is 0 Å². The van der Waals surface area contributed by atoms with Crippen LogP contribution in [0.15, 0.2) is 24.3 Å². The van der Waals surface area contributed by atoms with E-state index in [4.69, 9.17) is 5.84 Å². The second-order valence-electron chi connectivity index (χ2n) is 4.77. The molecule has 0 saturated heterocycles. The molecule has 6 nitrogen and oxygen atoms in total. The van der Waals surface area contributed by atoms with E-state index in [0.29, 0.717) is 16.6 Å². The van der Waals surface area contributed by atoms with Gasteiger partial charge in [0.25, 0.3) is 5.91 Å². The van der Waals surface area contributed by atoms with Gasteiger partial charge in [-0.3, -0.25) is 16.0 Å². The number of carbonyl (C=O) groups excluding carboxylic acids is 1. The third-order valence-corrected chi connectivity index (χ3v) is 3.44. The minimum atomic E-state index is -0.208. The molecule has 7 heteroatoms. The molecule has 0 saturated carbocycles. The number of amides is 1. The van der Waals surface area contributed by atoms with Crippen LogP contribution in [0.5, 0.6) is 0 Å². The van der Waals surface area contributed by atoms with E-state index in [1.165, 1.54) is 11.3 Å². The lowest BCUT2D eigenvalue weighted by atomic mass is 10.1. The molecule has 0 aliphatic heterocycles. The average molecular weight is 291 g/mol. The van der Waals surface area contributed by atoms with Crippen molar-refractivity contribution in [1.29, 1.82) is 0 Å². The number of hydrogen-bond donors (Lipinski definition) is 3. The highest BCUT2D eigenvalue weighted by Crippen LogP contribution is 2.19. The Bertz CT molecular complexity index is 579. The topological polar surface area (TPSA) is 92.9 Å². The predicted molar refractivity (Wildman–Crippen MR) is 80.7 cm³/mol. The molecule has 20 heavy (non-hydrogen) atoms.